The fraction of sp³-hybridized carbons (Fsp3) is 0.846. The van der Waals surface area contributed by atoms with E-state index in [0.29, 0.717) is 6.61 Å². The maximum atomic E-state index is 8.40. The molecule has 0 amide bonds. The van der Waals surface area contributed by atoms with E-state index in [-0.39, 0.29) is 17.4 Å². The van der Waals surface area contributed by atoms with Crippen molar-refractivity contribution in [2.75, 3.05) is 19.8 Å². The average Bonchev–Trinajstić information content (AvgIpc) is 2.02. The number of aliphatic hydroxyl groups is 1. The molecular formula is C13H26O2. The number of rotatable bonds is 2. The Labute approximate surface area is 95.0 Å². The number of terminal acetylenes is 1. The Morgan fingerprint density at radius 3 is 1.67 bits per heavy atom. The van der Waals surface area contributed by atoms with Crippen molar-refractivity contribution >= 4 is 0 Å². The van der Waals surface area contributed by atoms with Crippen molar-refractivity contribution in [3.8, 4) is 12.3 Å². The first-order valence-electron chi connectivity index (χ1n) is 5.24. The highest BCUT2D eigenvalue weighted by molar-refractivity contribution is 4.83. The molecule has 0 aliphatic carbocycles. The molecule has 2 heteroatoms. The third-order valence-corrected chi connectivity index (χ3v) is 1.19. The minimum Gasteiger partial charge on any atom is -0.396 e. The van der Waals surface area contributed by atoms with Gasteiger partial charge in [0.25, 0.3) is 0 Å². The quantitative estimate of drug-likeness (QED) is 0.566. The Kier molecular flexibility index (Phi) is 8.71. The zero-order chi connectivity index (χ0) is 12.5. The molecule has 0 heterocycles. The van der Waals surface area contributed by atoms with Crippen LogP contribution < -0.4 is 0 Å². The second kappa shape index (κ2) is 7.73. The fourth-order valence-electron chi connectivity index (χ4n) is 0.416. The van der Waals surface area contributed by atoms with Crippen LogP contribution in [0.15, 0.2) is 0 Å². The van der Waals surface area contributed by atoms with E-state index >= 15 is 0 Å². The standard InChI is InChI=1S/C8H14O.C5H12O/c1-5-6-9-7-8(2,3)4;1-5(2,3)4-6/h1H,6-7H2,2-4H3;6H,4H2,1-3H3. The third-order valence-electron chi connectivity index (χ3n) is 1.19. The molecule has 0 saturated heterocycles. The van der Waals surface area contributed by atoms with E-state index in [1.807, 2.05) is 20.8 Å². The van der Waals surface area contributed by atoms with Crippen LogP contribution in [0.25, 0.3) is 0 Å². The minimum absolute atomic E-state index is 0.0972. The SMILES string of the molecule is C#CCOCC(C)(C)C.CC(C)(C)CO. The van der Waals surface area contributed by atoms with E-state index in [9.17, 15) is 0 Å². The highest BCUT2D eigenvalue weighted by Gasteiger charge is 2.08. The van der Waals surface area contributed by atoms with E-state index in [4.69, 9.17) is 16.3 Å². The summed E-state index contributed by atoms with van der Waals surface area (Å²) in [5.74, 6) is 2.42. The third kappa shape index (κ3) is 24.7. The summed E-state index contributed by atoms with van der Waals surface area (Å²) in [5.41, 5.74) is 0.330. The molecule has 0 aromatic carbocycles. The van der Waals surface area contributed by atoms with Gasteiger partial charge < -0.3 is 9.84 Å². The average molecular weight is 214 g/mol. The van der Waals surface area contributed by atoms with E-state index in [1.165, 1.54) is 0 Å². The van der Waals surface area contributed by atoms with Crippen LogP contribution in [0.5, 0.6) is 0 Å². The summed E-state index contributed by atoms with van der Waals surface area (Å²) >= 11 is 0. The van der Waals surface area contributed by atoms with Crippen LogP contribution in [-0.4, -0.2) is 24.9 Å². The van der Waals surface area contributed by atoms with Crippen molar-refractivity contribution < 1.29 is 9.84 Å². The summed E-state index contributed by atoms with van der Waals surface area (Å²) in [6.07, 6.45) is 4.98. The van der Waals surface area contributed by atoms with Gasteiger partial charge in [-0.3, -0.25) is 0 Å². The Morgan fingerprint density at radius 1 is 1.07 bits per heavy atom. The number of hydrogen-bond donors (Lipinski definition) is 1. The Bertz CT molecular complexity index is 176. The van der Waals surface area contributed by atoms with Crippen molar-refractivity contribution in [2.45, 2.75) is 41.5 Å². The predicted molar refractivity (Wildman–Crippen MR) is 65.6 cm³/mol. The molecule has 0 rings (SSSR count). The Morgan fingerprint density at radius 2 is 1.47 bits per heavy atom. The van der Waals surface area contributed by atoms with Gasteiger partial charge in [-0.2, -0.15) is 0 Å². The predicted octanol–water partition coefficient (Wildman–Crippen LogP) is 2.71. The molecule has 0 bridgehead atoms. The lowest BCUT2D eigenvalue weighted by Gasteiger charge is -2.16. The first-order valence-corrected chi connectivity index (χ1v) is 5.24. The molecule has 0 spiro atoms. The topological polar surface area (TPSA) is 29.5 Å². The molecule has 0 atom stereocenters. The van der Waals surface area contributed by atoms with E-state index in [2.05, 4.69) is 26.7 Å². The van der Waals surface area contributed by atoms with Crippen molar-refractivity contribution in [3.63, 3.8) is 0 Å². The molecule has 0 fully saturated rings. The van der Waals surface area contributed by atoms with Crippen molar-refractivity contribution in [2.24, 2.45) is 10.8 Å². The minimum atomic E-state index is 0.0972. The summed E-state index contributed by atoms with van der Waals surface area (Å²) < 4.78 is 5.11. The van der Waals surface area contributed by atoms with E-state index in [1.54, 1.807) is 0 Å². The molecule has 90 valence electrons. The fourth-order valence-corrected chi connectivity index (χ4v) is 0.416. The molecule has 1 N–H and O–H groups in total. The van der Waals surface area contributed by atoms with Crippen LogP contribution >= 0.6 is 0 Å². The molecule has 15 heavy (non-hydrogen) atoms. The Balaban J connectivity index is 0. The normalized spacial score (nSPS) is 11.3. The first kappa shape index (κ1) is 16.9. The van der Waals surface area contributed by atoms with Gasteiger partial charge in [0.05, 0.1) is 6.61 Å². The highest BCUT2D eigenvalue weighted by atomic mass is 16.5. The lowest BCUT2D eigenvalue weighted by Crippen LogP contribution is -2.14. The smallest absolute Gasteiger partial charge is 0.107 e. The van der Waals surface area contributed by atoms with Crippen LogP contribution in [0, 0.1) is 23.2 Å². The van der Waals surface area contributed by atoms with Crippen LogP contribution in [-0.2, 0) is 4.74 Å². The van der Waals surface area contributed by atoms with Crippen molar-refractivity contribution in [1.29, 1.82) is 0 Å². The maximum Gasteiger partial charge on any atom is 0.107 e. The first-order chi connectivity index (χ1) is 6.62. The second-order valence-corrected chi connectivity index (χ2v) is 5.98. The van der Waals surface area contributed by atoms with Crippen molar-refractivity contribution in [1.82, 2.24) is 0 Å². The lowest BCUT2D eigenvalue weighted by molar-refractivity contribution is 0.0944. The number of hydrogen-bond acceptors (Lipinski definition) is 2. The van der Waals surface area contributed by atoms with Crippen LogP contribution in [0.1, 0.15) is 41.5 Å². The Hall–Kier alpha value is -0.520. The van der Waals surface area contributed by atoms with Gasteiger partial charge in [0.15, 0.2) is 0 Å². The highest BCUT2D eigenvalue weighted by Crippen LogP contribution is 2.12. The van der Waals surface area contributed by atoms with Gasteiger partial charge in [-0.15, -0.1) is 6.42 Å². The molecule has 0 aromatic heterocycles. The van der Waals surface area contributed by atoms with E-state index < -0.39 is 0 Å². The molecular weight excluding hydrogens is 188 g/mol. The molecule has 0 radical (unpaired) electrons. The summed E-state index contributed by atoms with van der Waals surface area (Å²) in [4.78, 5) is 0. The number of aliphatic hydroxyl groups excluding tert-OH is 1. The lowest BCUT2D eigenvalue weighted by atomic mass is 9.99. The summed E-state index contributed by atoms with van der Waals surface area (Å²) in [6.45, 7) is 13.8. The van der Waals surface area contributed by atoms with Gasteiger partial charge in [0.2, 0.25) is 0 Å². The van der Waals surface area contributed by atoms with Crippen LogP contribution in [0.3, 0.4) is 0 Å². The number of ether oxygens (including phenoxy) is 1. The summed E-state index contributed by atoms with van der Waals surface area (Å²) in [6, 6.07) is 0. The zero-order valence-electron chi connectivity index (χ0n) is 11.1. The molecule has 0 unspecified atom stereocenters. The monoisotopic (exact) mass is 214 g/mol. The van der Waals surface area contributed by atoms with Gasteiger partial charge >= 0.3 is 0 Å². The van der Waals surface area contributed by atoms with Gasteiger partial charge in [-0.05, 0) is 10.8 Å². The summed E-state index contributed by atoms with van der Waals surface area (Å²) in [7, 11) is 0. The second-order valence-electron chi connectivity index (χ2n) is 5.98. The molecule has 0 aliphatic heterocycles. The van der Waals surface area contributed by atoms with Crippen LogP contribution in [0.4, 0.5) is 0 Å². The van der Waals surface area contributed by atoms with Gasteiger partial charge in [-0.1, -0.05) is 47.5 Å². The molecule has 0 saturated carbocycles. The van der Waals surface area contributed by atoms with Crippen LogP contribution in [0.2, 0.25) is 0 Å². The summed E-state index contributed by atoms with van der Waals surface area (Å²) in [5, 5.41) is 8.40. The molecule has 0 aliphatic rings. The molecule has 2 nitrogen and oxygen atoms in total. The molecule has 0 aromatic rings. The zero-order valence-corrected chi connectivity index (χ0v) is 11.1. The maximum absolute atomic E-state index is 8.40. The largest absolute Gasteiger partial charge is 0.396 e. The van der Waals surface area contributed by atoms with Gasteiger partial charge in [-0.25, -0.2) is 0 Å². The van der Waals surface area contributed by atoms with Crippen molar-refractivity contribution in [3.05, 3.63) is 0 Å². The van der Waals surface area contributed by atoms with Gasteiger partial charge in [0.1, 0.15) is 6.61 Å². The van der Waals surface area contributed by atoms with E-state index in [0.717, 1.165) is 6.61 Å². The van der Waals surface area contributed by atoms with Gasteiger partial charge in [0, 0.05) is 6.61 Å².